The molecule has 0 heterocycles. The fourth-order valence-corrected chi connectivity index (χ4v) is 17.3. The van der Waals surface area contributed by atoms with Crippen LogP contribution >= 0.6 is 137 Å². The molecule has 0 N–H and O–H groups in total. The first-order valence-corrected chi connectivity index (χ1v) is 62.5. The molecule has 0 saturated carbocycles. The number of allylic oxidation sites excluding steroid dienone is 7. The first-order valence-electron chi connectivity index (χ1n) is 29.0. The van der Waals surface area contributed by atoms with Gasteiger partial charge in [0.25, 0.3) is 0 Å². The first-order chi connectivity index (χ1) is 40.9. The second-order valence-corrected chi connectivity index (χ2v) is 77.6. The Morgan fingerprint density at radius 1 is 0.534 bits per heavy atom. The van der Waals surface area contributed by atoms with Crippen LogP contribution in [-0.4, -0.2) is 66.2 Å². The van der Waals surface area contributed by atoms with Gasteiger partial charge in [-0.3, -0.25) is 9.59 Å². The molecule has 0 aromatic heterocycles. The van der Waals surface area contributed by atoms with Gasteiger partial charge in [0.2, 0.25) is 0 Å². The van der Waals surface area contributed by atoms with E-state index in [1.165, 1.54) is 25.0 Å². The fraction of sp³-hybridized carbons (Fsp3) is 0.515. The third-order valence-electron chi connectivity index (χ3n) is 15.6. The van der Waals surface area contributed by atoms with Gasteiger partial charge in [0.1, 0.15) is 13.2 Å². The van der Waals surface area contributed by atoms with Crippen LogP contribution in [0.4, 0.5) is 0 Å². The van der Waals surface area contributed by atoms with Crippen molar-refractivity contribution < 1.29 is 58.7 Å². The zero-order valence-corrected chi connectivity index (χ0v) is 74.1. The number of esters is 2. The minimum absolute atomic E-state index is 0.0561. The molecule has 493 valence electrons. The van der Waals surface area contributed by atoms with E-state index in [1.807, 2.05) is 78.8 Å². The van der Waals surface area contributed by atoms with Gasteiger partial charge in [-0.25, -0.2) is 25.3 Å². The molecule has 0 bridgehead atoms. The van der Waals surface area contributed by atoms with E-state index >= 15 is 0 Å². The molecule has 10 nitrogen and oxygen atoms in total. The molecule has 0 fully saturated rings. The van der Waals surface area contributed by atoms with Crippen LogP contribution in [-0.2, 0) is 63.0 Å². The van der Waals surface area contributed by atoms with Gasteiger partial charge < -0.3 is 9.47 Å². The molecule has 0 radical (unpaired) electrons. The standard InChI is InChI=1S/C36H48O6S2.C30H44O4S.I2.5HI.2V/c1-25-11-15-31(16-12-25)43(38,39)33(22-27(3)19-21-42-30(6)37)23-28(4)24-34(35-29(5)10-9-20-36(35,7)8)44(40,41)32-17-13-26(2)14-18-32;1-22(18-20-34-26(5)31)11-8-9-12-24(3)21-28(29-25(4)13-10-19-30(29,6)7)35(32,33)27-16-14-23(2)15-17-27;1-2;;;;;;;/h11-19,23,33-34H,9-10,20-22,24H2,1-8H3;12,14-18,28H,8-11,13,19-21H2,1-7H3;;5*1H;;/q;;;;;;;;+2;+3/p-5. The van der Waals surface area contributed by atoms with Gasteiger partial charge in [0.05, 0.1) is 30.4 Å². The van der Waals surface area contributed by atoms with E-state index in [1.54, 1.807) is 60.7 Å². The zero-order valence-electron chi connectivity index (χ0n) is 53.7. The molecule has 3 unspecified atom stereocenters. The Hall–Kier alpha value is 1.17. The van der Waals surface area contributed by atoms with E-state index in [0.29, 0.717) is 33.0 Å². The number of hydrogen-bond donors (Lipinski definition) is 0. The minimum atomic E-state index is -3.82. The fourth-order valence-electron chi connectivity index (χ4n) is 11.3. The Kier molecular flexibility index (Phi) is 43.0. The summed E-state index contributed by atoms with van der Waals surface area (Å²) in [6, 6.07) is 21.0. The van der Waals surface area contributed by atoms with Crippen LogP contribution in [0.2, 0.25) is 0 Å². The average Bonchev–Trinajstić information content (AvgIpc) is 1.13. The summed E-state index contributed by atoms with van der Waals surface area (Å²) >= 11 is 16.4. The van der Waals surface area contributed by atoms with Crippen molar-refractivity contribution >= 4 is 179 Å². The number of ether oxygens (including phenoxy) is 2. The van der Waals surface area contributed by atoms with E-state index in [4.69, 9.17) is 9.47 Å². The summed E-state index contributed by atoms with van der Waals surface area (Å²) in [7, 11) is -10.5. The molecule has 0 saturated heterocycles. The average molecular weight is 2130 g/mol. The third kappa shape index (κ3) is 31.1. The topological polar surface area (TPSA) is 155 Å². The van der Waals surface area contributed by atoms with E-state index in [2.05, 4.69) is 185 Å². The van der Waals surface area contributed by atoms with Crippen molar-refractivity contribution in [1.82, 2.24) is 0 Å². The molecule has 2 aliphatic carbocycles. The maximum absolute atomic E-state index is 14.4. The summed E-state index contributed by atoms with van der Waals surface area (Å²) in [4.78, 5) is 22.8. The van der Waals surface area contributed by atoms with Crippen LogP contribution in [0.1, 0.15) is 177 Å². The van der Waals surface area contributed by atoms with Crippen LogP contribution in [0.25, 0.3) is 0 Å². The van der Waals surface area contributed by atoms with Gasteiger partial charge in [-0.05, 0) is 210 Å². The maximum atomic E-state index is 14.4. The summed E-state index contributed by atoms with van der Waals surface area (Å²) in [6.45, 7) is 29.5. The Labute approximate surface area is 621 Å². The molecular formula is C66H92I7O10S3V2. The van der Waals surface area contributed by atoms with Crippen LogP contribution in [0.15, 0.2) is 156 Å². The third-order valence-corrected chi connectivity index (χ3v) is 21.8. The molecule has 0 aliphatic heterocycles. The van der Waals surface area contributed by atoms with Crippen LogP contribution in [0, 0.1) is 31.6 Å². The second-order valence-electron chi connectivity index (χ2n) is 24.0. The van der Waals surface area contributed by atoms with Crippen molar-refractivity contribution in [2.45, 2.75) is 211 Å². The summed E-state index contributed by atoms with van der Waals surface area (Å²) in [5, 5.41) is -2.29. The molecule has 3 aromatic rings. The van der Waals surface area contributed by atoms with Crippen LogP contribution in [0.5, 0.6) is 0 Å². The molecule has 5 rings (SSSR count). The van der Waals surface area contributed by atoms with Crippen molar-refractivity contribution in [2.24, 2.45) is 10.8 Å². The monoisotopic (exact) mass is 2130 g/mol. The molecule has 0 amide bonds. The van der Waals surface area contributed by atoms with E-state index < -0.39 is 51.2 Å². The normalized spacial score (nSPS) is 16.6. The van der Waals surface area contributed by atoms with Gasteiger partial charge in [-0.1, -0.05) is 126 Å². The Morgan fingerprint density at radius 3 is 1.19 bits per heavy atom. The summed E-state index contributed by atoms with van der Waals surface area (Å²) in [5.41, 5.74) is 10.7. The molecule has 88 heavy (non-hydrogen) atoms. The Bertz CT molecular complexity index is 3240. The summed E-state index contributed by atoms with van der Waals surface area (Å²) in [6.07, 6.45) is 17.1. The number of aryl methyl sites for hydroxylation is 3. The summed E-state index contributed by atoms with van der Waals surface area (Å²) < 4.78 is 94.7. The van der Waals surface area contributed by atoms with Gasteiger partial charge in [0.15, 0.2) is 29.5 Å². The van der Waals surface area contributed by atoms with Crippen molar-refractivity contribution in [1.29, 1.82) is 0 Å². The number of sulfone groups is 3. The first kappa shape index (κ1) is 87.2. The molecule has 2 aliphatic rings. The Morgan fingerprint density at radius 2 is 0.852 bits per heavy atom. The number of carbonyl (C=O) groups is 2. The van der Waals surface area contributed by atoms with Gasteiger partial charge in [-0.2, -0.15) is 0 Å². The van der Waals surface area contributed by atoms with E-state index in [0.717, 1.165) is 102 Å². The molecule has 3 atom stereocenters. The van der Waals surface area contributed by atoms with Gasteiger partial charge in [0, 0.05) is 51.1 Å². The molecule has 0 spiro atoms. The Balaban J connectivity index is 0.000000790. The van der Waals surface area contributed by atoms with E-state index in [9.17, 15) is 34.8 Å². The van der Waals surface area contributed by atoms with E-state index in [-0.39, 0.29) is 51.0 Å². The number of halogens is 7. The van der Waals surface area contributed by atoms with Crippen molar-refractivity contribution in [3.8, 4) is 0 Å². The molecule has 3 aromatic carbocycles. The van der Waals surface area contributed by atoms with Crippen LogP contribution in [0.3, 0.4) is 0 Å². The summed E-state index contributed by atoms with van der Waals surface area (Å²) in [5.74, 6) is -0.682. The predicted octanol–water partition coefficient (Wildman–Crippen LogP) is 21.9. The number of benzene rings is 3. The number of carbonyl (C=O) groups excluding carboxylic acids is 2. The number of hydrogen-bond acceptors (Lipinski definition) is 10. The molecular weight excluding hydrogens is 2040 g/mol. The van der Waals surface area contributed by atoms with Crippen molar-refractivity contribution in [3.05, 3.63) is 158 Å². The van der Waals surface area contributed by atoms with Gasteiger partial charge >= 0.3 is 126 Å². The van der Waals surface area contributed by atoms with Crippen molar-refractivity contribution in [2.75, 3.05) is 13.2 Å². The zero-order chi connectivity index (χ0) is 67.4. The van der Waals surface area contributed by atoms with Gasteiger partial charge in [-0.15, -0.1) is 0 Å². The predicted molar refractivity (Wildman–Crippen MR) is 421 cm³/mol. The SMILES string of the molecule is CC(=O)OCC=C(C)CC(C=C(C)CC(C1=C(C)CCCC1(C)C)S(=O)(=O)c1ccc(C)cc1)S(=O)(=O)c1ccc(C)cc1.CC(=O)OCC=C(C)CCCC=C(C)CC(C1=C(C)CCCC1(C)C)S(=O)(=O)c1ccc(C)cc1.II.[I][V]([I])[I].[I][V][I]. The van der Waals surface area contributed by atoms with Crippen LogP contribution < -0.4 is 0 Å². The second kappa shape index (κ2) is 43.5. The molecule has 22 heteroatoms. The van der Waals surface area contributed by atoms with Crippen molar-refractivity contribution in [3.63, 3.8) is 0 Å². The number of rotatable bonds is 23. The number of unbranched alkanes of at least 4 members (excludes halogenated alkanes) is 1. The quantitative estimate of drug-likeness (QED) is 0.0388.